The Morgan fingerprint density at radius 1 is 1.42 bits per heavy atom. The van der Waals surface area contributed by atoms with Crippen molar-refractivity contribution in [1.82, 2.24) is 0 Å². The molecule has 0 bridgehead atoms. The summed E-state index contributed by atoms with van der Waals surface area (Å²) in [5, 5.41) is 0. The van der Waals surface area contributed by atoms with Gasteiger partial charge in [-0.15, -0.1) is 0 Å². The first-order chi connectivity index (χ1) is 5.70. The zero-order valence-electron chi connectivity index (χ0n) is 7.96. The molecule has 2 rings (SSSR count). The normalized spacial score (nSPS) is 21.2. The Hall–Kier alpha value is -0.980. The maximum Gasteiger partial charge on any atom is 0.0402 e. The molecule has 1 atom stereocenters. The molecule has 1 aromatic carbocycles. The lowest BCUT2D eigenvalue weighted by atomic mass is 10.1. The fourth-order valence-electron chi connectivity index (χ4n) is 1.95. The Morgan fingerprint density at radius 3 is 2.83 bits per heavy atom. The standard InChI is InChI=1S/C11H15N/c1-8-5-4-6-11-10(8)7-9(2)12(11)3/h4-6,9H,7H2,1-3H3. The van der Waals surface area contributed by atoms with E-state index in [2.05, 4.69) is 44.0 Å². The number of aryl methyl sites for hydroxylation is 1. The lowest BCUT2D eigenvalue weighted by Crippen LogP contribution is -2.23. The Morgan fingerprint density at radius 2 is 2.17 bits per heavy atom. The summed E-state index contributed by atoms with van der Waals surface area (Å²) in [4.78, 5) is 2.36. The number of likely N-dealkylation sites (N-methyl/N-ethyl adjacent to an activating group) is 1. The van der Waals surface area contributed by atoms with Crippen molar-refractivity contribution >= 4 is 5.69 Å². The van der Waals surface area contributed by atoms with Crippen molar-refractivity contribution in [2.45, 2.75) is 26.3 Å². The van der Waals surface area contributed by atoms with Crippen LogP contribution in [-0.4, -0.2) is 13.1 Å². The van der Waals surface area contributed by atoms with Gasteiger partial charge in [-0.05, 0) is 37.5 Å². The van der Waals surface area contributed by atoms with Crippen molar-refractivity contribution < 1.29 is 0 Å². The molecule has 12 heavy (non-hydrogen) atoms. The molecular formula is C11H15N. The van der Waals surface area contributed by atoms with E-state index in [1.165, 1.54) is 23.2 Å². The van der Waals surface area contributed by atoms with Crippen LogP contribution in [0, 0.1) is 6.92 Å². The lowest BCUT2D eigenvalue weighted by Gasteiger charge is -2.18. The highest BCUT2D eigenvalue weighted by Crippen LogP contribution is 2.32. The Labute approximate surface area is 74.0 Å². The maximum absolute atomic E-state index is 2.36. The van der Waals surface area contributed by atoms with Gasteiger partial charge in [0.15, 0.2) is 0 Å². The van der Waals surface area contributed by atoms with Gasteiger partial charge >= 0.3 is 0 Å². The summed E-state index contributed by atoms with van der Waals surface area (Å²) >= 11 is 0. The van der Waals surface area contributed by atoms with Gasteiger partial charge in [0, 0.05) is 18.8 Å². The summed E-state index contributed by atoms with van der Waals surface area (Å²) in [7, 11) is 2.18. The quantitative estimate of drug-likeness (QED) is 0.564. The van der Waals surface area contributed by atoms with Gasteiger partial charge in [-0.1, -0.05) is 12.1 Å². The highest BCUT2D eigenvalue weighted by molar-refractivity contribution is 5.61. The van der Waals surface area contributed by atoms with Crippen LogP contribution in [0.3, 0.4) is 0 Å². The average Bonchev–Trinajstić information content (AvgIpc) is 2.32. The number of benzene rings is 1. The van der Waals surface area contributed by atoms with E-state index >= 15 is 0 Å². The molecule has 0 amide bonds. The highest BCUT2D eigenvalue weighted by Gasteiger charge is 2.23. The molecule has 1 aliphatic rings. The minimum atomic E-state index is 0.668. The van der Waals surface area contributed by atoms with E-state index in [0.29, 0.717) is 6.04 Å². The summed E-state index contributed by atoms with van der Waals surface area (Å²) in [5.74, 6) is 0. The maximum atomic E-state index is 2.36. The summed E-state index contributed by atoms with van der Waals surface area (Å²) in [6.07, 6.45) is 1.21. The highest BCUT2D eigenvalue weighted by atomic mass is 15.1. The molecule has 1 heteroatoms. The van der Waals surface area contributed by atoms with Crippen LogP contribution >= 0.6 is 0 Å². The average molecular weight is 161 g/mol. The zero-order chi connectivity index (χ0) is 8.72. The number of hydrogen-bond acceptors (Lipinski definition) is 1. The van der Waals surface area contributed by atoms with Crippen LogP contribution in [0.25, 0.3) is 0 Å². The van der Waals surface area contributed by atoms with Crippen LogP contribution in [0.1, 0.15) is 18.1 Å². The molecule has 0 fully saturated rings. The third-order valence-corrected chi connectivity index (χ3v) is 2.93. The molecule has 1 aliphatic heterocycles. The van der Waals surface area contributed by atoms with E-state index in [-0.39, 0.29) is 0 Å². The number of nitrogens with zero attached hydrogens (tertiary/aromatic N) is 1. The van der Waals surface area contributed by atoms with Crippen LogP contribution in [0.2, 0.25) is 0 Å². The van der Waals surface area contributed by atoms with Crippen LogP contribution in [0.4, 0.5) is 5.69 Å². The molecule has 64 valence electrons. The van der Waals surface area contributed by atoms with E-state index in [1.807, 2.05) is 0 Å². The first-order valence-electron chi connectivity index (χ1n) is 4.51. The fourth-order valence-corrected chi connectivity index (χ4v) is 1.95. The smallest absolute Gasteiger partial charge is 0.0402 e. The number of fused-ring (bicyclic) bond motifs is 1. The minimum Gasteiger partial charge on any atom is -0.371 e. The predicted molar refractivity (Wildman–Crippen MR) is 52.7 cm³/mol. The molecule has 0 saturated carbocycles. The van der Waals surface area contributed by atoms with Crippen LogP contribution in [-0.2, 0) is 6.42 Å². The van der Waals surface area contributed by atoms with Crippen LogP contribution in [0.5, 0.6) is 0 Å². The molecule has 0 aliphatic carbocycles. The summed E-state index contributed by atoms with van der Waals surface area (Å²) < 4.78 is 0. The molecule has 0 spiro atoms. The minimum absolute atomic E-state index is 0.668. The van der Waals surface area contributed by atoms with Gasteiger partial charge in [0.25, 0.3) is 0 Å². The van der Waals surface area contributed by atoms with Gasteiger partial charge in [-0.2, -0.15) is 0 Å². The van der Waals surface area contributed by atoms with Gasteiger partial charge < -0.3 is 4.90 Å². The number of hydrogen-bond donors (Lipinski definition) is 0. The third kappa shape index (κ3) is 0.927. The summed E-state index contributed by atoms with van der Waals surface area (Å²) in [5.41, 5.74) is 4.39. The molecule has 1 unspecified atom stereocenters. The van der Waals surface area contributed by atoms with Gasteiger partial charge in [-0.3, -0.25) is 0 Å². The second-order valence-electron chi connectivity index (χ2n) is 3.74. The van der Waals surface area contributed by atoms with Gasteiger partial charge in [-0.25, -0.2) is 0 Å². The first-order valence-corrected chi connectivity index (χ1v) is 4.51. The second kappa shape index (κ2) is 2.51. The van der Waals surface area contributed by atoms with Crippen molar-refractivity contribution in [2.75, 3.05) is 11.9 Å². The first kappa shape index (κ1) is 7.66. The molecule has 0 aromatic heterocycles. The third-order valence-electron chi connectivity index (χ3n) is 2.93. The second-order valence-corrected chi connectivity index (χ2v) is 3.74. The predicted octanol–water partition coefficient (Wildman–Crippen LogP) is 2.38. The van der Waals surface area contributed by atoms with Crippen molar-refractivity contribution in [3.8, 4) is 0 Å². The molecule has 0 saturated heterocycles. The van der Waals surface area contributed by atoms with E-state index in [9.17, 15) is 0 Å². The topological polar surface area (TPSA) is 3.24 Å². The zero-order valence-corrected chi connectivity index (χ0v) is 7.96. The Balaban J connectivity index is 2.53. The van der Waals surface area contributed by atoms with Crippen LogP contribution in [0.15, 0.2) is 18.2 Å². The van der Waals surface area contributed by atoms with E-state index < -0.39 is 0 Å². The van der Waals surface area contributed by atoms with Crippen molar-refractivity contribution in [1.29, 1.82) is 0 Å². The fraction of sp³-hybridized carbons (Fsp3) is 0.455. The summed E-state index contributed by atoms with van der Waals surface area (Å²) in [6, 6.07) is 7.22. The number of anilines is 1. The van der Waals surface area contributed by atoms with Gasteiger partial charge in [0.2, 0.25) is 0 Å². The molecule has 1 nitrogen and oxygen atoms in total. The monoisotopic (exact) mass is 161 g/mol. The molecule has 0 N–H and O–H groups in total. The molecule has 0 radical (unpaired) electrons. The SMILES string of the molecule is Cc1cccc2c1CC(C)N2C. The van der Waals surface area contributed by atoms with Crippen molar-refractivity contribution in [3.05, 3.63) is 29.3 Å². The Bertz CT molecular complexity index is 304. The van der Waals surface area contributed by atoms with E-state index in [0.717, 1.165) is 0 Å². The van der Waals surface area contributed by atoms with Gasteiger partial charge in [0.1, 0.15) is 0 Å². The van der Waals surface area contributed by atoms with Crippen LogP contribution < -0.4 is 4.90 Å². The van der Waals surface area contributed by atoms with Crippen molar-refractivity contribution in [2.24, 2.45) is 0 Å². The van der Waals surface area contributed by atoms with Crippen molar-refractivity contribution in [3.63, 3.8) is 0 Å². The van der Waals surface area contributed by atoms with E-state index in [1.54, 1.807) is 0 Å². The molecular weight excluding hydrogens is 146 g/mol. The largest absolute Gasteiger partial charge is 0.371 e. The lowest BCUT2D eigenvalue weighted by molar-refractivity contribution is 0.731. The van der Waals surface area contributed by atoms with Gasteiger partial charge in [0.05, 0.1) is 0 Å². The van der Waals surface area contributed by atoms with E-state index in [4.69, 9.17) is 0 Å². The molecule has 1 heterocycles. The summed E-state index contributed by atoms with van der Waals surface area (Å²) in [6.45, 7) is 4.48. The number of rotatable bonds is 0. The Kier molecular flexibility index (Phi) is 1.60. The molecule has 1 aromatic rings.